The van der Waals surface area contributed by atoms with Gasteiger partial charge in [-0.25, -0.2) is 0 Å². The van der Waals surface area contributed by atoms with Gasteiger partial charge in [-0.3, -0.25) is 4.79 Å². The molecule has 3 aromatic carbocycles. The number of rotatable bonds is 8. The number of carbonyl (C=O) groups excluding carboxylic acids is 1. The van der Waals surface area contributed by atoms with Crippen LogP contribution in [0.25, 0.3) is 11.1 Å². The van der Waals surface area contributed by atoms with E-state index >= 15 is 0 Å². The molecule has 0 aliphatic carbocycles. The molecular weight excluding hydrogens is 472 g/mol. The highest BCUT2D eigenvalue weighted by Crippen LogP contribution is 2.36. The van der Waals surface area contributed by atoms with Crippen LogP contribution >= 0.6 is 0 Å². The zero-order valence-corrected chi connectivity index (χ0v) is 23.1. The van der Waals surface area contributed by atoms with Crippen molar-refractivity contribution < 1.29 is 14.6 Å². The monoisotopic (exact) mass is 512 g/mol. The zero-order chi connectivity index (χ0) is 27.1. The van der Waals surface area contributed by atoms with E-state index in [9.17, 15) is 9.90 Å². The quantitative estimate of drug-likeness (QED) is 0.224. The topological polar surface area (TPSA) is 53.0 Å². The minimum atomic E-state index is -0.569. The Morgan fingerprint density at radius 3 is 1.95 bits per heavy atom. The Balaban J connectivity index is 1.75. The van der Waals surface area contributed by atoms with Gasteiger partial charge in [0.25, 0.3) is 0 Å². The summed E-state index contributed by atoms with van der Waals surface area (Å²) in [6.45, 7) is 9.87. The lowest BCUT2D eigenvalue weighted by Crippen LogP contribution is -2.44. The molecule has 3 aromatic rings. The minimum absolute atomic E-state index is 0.133. The van der Waals surface area contributed by atoms with Crippen molar-refractivity contribution in [3.8, 4) is 5.75 Å². The van der Waals surface area contributed by atoms with Crippen LogP contribution in [-0.2, 0) is 4.79 Å². The summed E-state index contributed by atoms with van der Waals surface area (Å²) >= 11 is 0. The van der Waals surface area contributed by atoms with Gasteiger partial charge in [-0.05, 0) is 92.8 Å². The van der Waals surface area contributed by atoms with Crippen LogP contribution < -0.4 is 9.64 Å². The Bertz CT molecular complexity index is 1220. The molecule has 1 aliphatic rings. The molecule has 0 amide bonds. The first-order valence-electron chi connectivity index (χ1n) is 13.5. The van der Waals surface area contributed by atoms with Gasteiger partial charge in [-0.1, -0.05) is 54.6 Å². The number of piperazine rings is 1. The van der Waals surface area contributed by atoms with E-state index in [1.807, 2.05) is 51.1 Å². The third kappa shape index (κ3) is 6.91. The molecule has 38 heavy (non-hydrogen) atoms. The van der Waals surface area contributed by atoms with Crippen molar-refractivity contribution in [3.05, 3.63) is 95.6 Å². The Morgan fingerprint density at radius 2 is 1.39 bits per heavy atom. The highest BCUT2D eigenvalue weighted by atomic mass is 16.5. The summed E-state index contributed by atoms with van der Waals surface area (Å²) in [5, 5.41) is 9.69. The van der Waals surface area contributed by atoms with Gasteiger partial charge in [0.15, 0.2) is 0 Å². The fourth-order valence-corrected chi connectivity index (χ4v) is 4.68. The second kappa shape index (κ2) is 12.4. The van der Waals surface area contributed by atoms with Gasteiger partial charge in [0, 0.05) is 38.5 Å². The van der Waals surface area contributed by atoms with E-state index in [1.54, 1.807) is 0 Å². The van der Waals surface area contributed by atoms with Crippen molar-refractivity contribution in [2.75, 3.05) is 44.7 Å². The first kappa shape index (κ1) is 27.6. The number of aliphatic hydroxyl groups excluding tert-OH is 1. The molecule has 0 unspecified atom stereocenters. The van der Waals surface area contributed by atoms with Gasteiger partial charge in [0.1, 0.15) is 5.75 Å². The number of anilines is 1. The van der Waals surface area contributed by atoms with Gasteiger partial charge in [-0.15, -0.1) is 0 Å². The average Bonchev–Trinajstić information content (AvgIpc) is 2.92. The first-order valence-corrected chi connectivity index (χ1v) is 13.5. The van der Waals surface area contributed by atoms with Crippen LogP contribution in [0.1, 0.15) is 50.3 Å². The molecule has 0 spiro atoms. The number of ether oxygens (including phenoxy) is 1. The van der Waals surface area contributed by atoms with Crippen LogP contribution in [0, 0.1) is 5.41 Å². The molecular formula is C33H40N2O3. The second-order valence-electron chi connectivity index (χ2n) is 11.0. The van der Waals surface area contributed by atoms with E-state index in [0.717, 1.165) is 54.9 Å². The molecule has 0 atom stereocenters. The summed E-state index contributed by atoms with van der Waals surface area (Å²) in [4.78, 5) is 17.2. The molecule has 200 valence electrons. The van der Waals surface area contributed by atoms with Crippen molar-refractivity contribution in [1.82, 2.24) is 4.90 Å². The summed E-state index contributed by atoms with van der Waals surface area (Å²) < 4.78 is 5.62. The lowest BCUT2D eigenvalue weighted by molar-refractivity contribution is -0.142. The number of benzene rings is 3. The van der Waals surface area contributed by atoms with E-state index < -0.39 is 5.41 Å². The Kier molecular flexibility index (Phi) is 9.03. The summed E-state index contributed by atoms with van der Waals surface area (Å²) in [6.07, 6.45) is 1.42. The summed E-state index contributed by atoms with van der Waals surface area (Å²) in [6, 6.07) is 27.0. The Morgan fingerprint density at radius 1 is 0.816 bits per heavy atom. The SMILES string of the molecule is CN1CCN(c2ccc(C(=C(CCCO)c3ccccc3)c3ccc(OC(=O)C(C)(C)C)cc3)cc2)CC1. The molecule has 1 heterocycles. The molecule has 1 aliphatic heterocycles. The Labute approximate surface area is 227 Å². The standard InChI is InChI=1S/C33H40N2O3/c1-33(2,3)32(37)38-29-18-14-27(15-19-29)31(30(11-8-24-36)25-9-6-5-7-10-25)26-12-16-28(17-13-26)35-22-20-34(4)21-23-35/h5-7,9-10,12-19,36H,8,11,20-24H2,1-4H3. The maximum absolute atomic E-state index is 12.4. The van der Waals surface area contributed by atoms with Gasteiger partial charge in [0.05, 0.1) is 5.41 Å². The van der Waals surface area contributed by atoms with Crippen molar-refractivity contribution in [2.24, 2.45) is 5.41 Å². The van der Waals surface area contributed by atoms with Crippen molar-refractivity contribution >= 4 is 22.8 Å². The number of hydrogen-bond acceptors (Lipinski definition) is 5. The number of carbonyl (C=O) groups is 1. The maximum Gasteiger partial charge on any atom is 0.316 e. The molecule has 0 radical (unpaired) electrons. The van der Waals surface area contributed by atoms with E-state index in [1.165, 1.54) is 11.3 Å². The third-order valence-corrected chi connectivity index (χ3v) is 7.00. The predicted molar refractivity (Wildman–Crippen MR) is 156 cm³/mol. The van der Waals surface area contributed by atoms with Crippen LogP contribution in [0.15, 0.2) is 78.9 Å². The Hall–Kier alpha value is -3.41. The highest BCUT2D eigenvalue weighted by molar-refractivity contribution is 5.99. The number of likely N-dealkylation sites (N-methyl/N-ethyl adjacent to an activating group) is 1. The number of nitrogens with zero attached hydrogens (tertiary/aromatic N) is 2. The normalized spacial score (nSPS) is 15.2. The zero-order valence-electron chi connectivity index (χ0n) is 23.1. The van der Waals surface area contributed by atoms with Gasteiger partial charge in [0.2, 0.25) is 0 Å². The van der Waals surface area contributed by atoms with E-state index in [0.29, 0.717) is 12.2 Å². The number of allylic oxidation sites excluding steroid dienone is 1. The third-order valence-electron chi connectivity index (χ3n) is 7.00. The van der Waals surface area contributed by atoms with Gasteiger partial charge < -0.3 is 19.6 Å². The van der Waals surface area contributed by atoms with E-state index in [-0.39, 0.29) is 12.6 Å². The number of hydrogen-bond donors (Lipinski definition) is 1. The molecule has 0 saturated carbocycles. The van der Waals surface area contributed by atoms with Crippen LogP contribution in [-0.4, -0.2) is 55.8 Å². The molecule has 1 fully saturated rings. The average molecular weight is 513 g/mol. The van der Waals surface area contributed by atoms with E-state index in [4.69, 9.17) is 4.74 Å². The molecule has 5 heteroatoms. The van der Waals surface area contributed by atoms with Crippen LogP contribution in [0.5, 0.6) is 5.75 Å². The molecule has 1 saturated heterocycles. The van der Waals surface area contributed by atoms with Gasteiger partial charge in [-0.2, -0.15) is 0 Å². The summed E-state index contributed by atoms with van der Waals surface area (Å²) in [7, 11) is 2.17. The largest absolute Gasteiger partial charge is 0.426 e. The number of esters is 1. The van der Waals surface area contributed by atoms with Gasteiger partial charge >= 0.3 is 5.97 Å². The molecule has 0 aromatic heterocycles. The molecule has 4 rings (SSSR count). The smallest absolute Gasteiger partial charge is 0.316 e. The lowest BCUT2D eigenvalue weighted by atomic mass is 9.87. The lowest BCUT2D eigenvalue weighted by Gasteiger charge is -2.34. The fraction of sp³-hybridized carbons (Fsp3) is 0.364. The van der Waals surface area contributed by atoms with Crippen LogP contribution in [0.4, 0.5) is 5.69 Å². The second-order valence-corrected chi connectivity index (χ2v) is 11.0. The van der Waals surface area contributed by atoms with E-state index in [2.05, 4.69) is 65.4 Å². The maximum atomic E-state index is 12.4. The van der Waals surface area contributed by atoms with Crippen LogP contribution in [0.2, 0.25) is 0 Å². The highest BCUT2D eigenvalue weighted by Gasteiger charge is 2.24. The van der Waals surface area contributed by atoms with Crippen molar-refractivity contribution in [1.29, 1.82) is 0 Å². The predicted octanol–water partition coefficient (Wildman–Crippen LogP) is 6.12. The molecule has 1 N–H and O–H groups in total. The molecule has 0 bridgehead atoms. The fourth-order valence-electron chi connectivity index (χ4n) is 4.68. The van der Waals surface area contributed by atoms with Crippen molar-refractivity contribution in [2.45, 2.75) is 33.6 Å². The molecule has 5 nitrogen and oxygen atoms in total. The summed E-state index contributed by atoms with van der Waals surface area (Å²) in [5.41, 5.74) is 6.29. The van der Waals surface area contributed by atoms with Crippen molar-refractivity contribution in [3.63, 3.8) is 0 Å². The summed E-state index contributed by atoms with van der Waals surface area (Å²) in [5.74, 6) is 0.281. The van der Waals surface area contributed by atoms with Crippen LogP contribution in [0.3, 0.4) is 0 Å². The number of aliphatic hydroxyl groups is 1. The first-order chi connectivity index (χ1) is 18.3. The minimum Gasteiger partial charge on any atom is -0.426 e.